The minimum Gasteiger partial charge on any atom is -0.346 e. The molecule has 1 aliphatic heterocycles. The number of amides is 1. The standard InChI is InChI=1S/C19H15FN2O2/c20-15-8-1-2-9-16(15)21-19(24)14-11-22-10-4-6-12-5-3-7-13(17(12)22)18(14)23/h1-3,5,7-9,11H,4,6,10H2,(H,21,24). The molecule has 2 heterocycles. The predicted molar refractivity (Wildman–Crippen MR) is 90.9 cm³/mol. The monoisotopic (exact) mass is 322 g/mol. The van der Waals surface area contributed by atoms with Gasteiger partial charge in [-0.2, -0.15) is 0 Å². The van der Waals surface area contributed by atoms with Crippen molar-refractivity contribution in [3.63, 3.8) is 0 Å². The third-order valence-corrected chi connectivity index (χ3v) is 4.39. The second-order valence-corrected chi connectivity index (χ2v) is 5.92. The van der Waals surface area contributed by atoms with Gasteiger partial charge in [0.05, 0.1) is 11.2 Å². The third-order valence-electron chi connectivity index (χ3n) is 4.39. The highest BCUT2D eigenvalue weighted by molar-refractivity contribution is 6.06. The number of nitrogens with one attached hydrogen (secondary N) is 1. The molecule has 0 bridgehead atoms. The number of carbonyl (C=O) groups is 1. The number of pyridine rings is 1. The van der Waals surface area contributed by atoms with Gasteiger partial charge in [0.2, 0.25) is 5.43 Å². The number of benzene rings is 2. The number of aryl methyl sites for hydroxylation is 2. The van der Waals surface area contributed by atoms with Crippen molar-refractivity contribution in [1.82, 2.24) is 4.57 Å². The van der Waals surface area contributed by atoms with Gasteiger partial charge in [-0.1, -0.05) is 24.3 Å². The molecule has 0 aliphatic carbocycles. The lowest BCUT2D eigenvalue weighted by Gasteiger charge is -2.20. The Morgan fingerprint density at radius 3 is 2.79 bits per heavy atom. The van der Waals surface area contributed by atoms with Crippen LogP contribution in [0.1, 0.15) is 22.3 Å². The summed E-state index contributed by atoms with van der Waals surface area (Å²) in [7, 11) is 0. The van der Waals surface area contributed by atoms with Crippen LogP contribution in [0.4, 0.5) is 10.1 Å². The molecule has 3 aromatic rings. The van der Waals surface area contributed by atoms with Crippen molar-refractivity contribution < 1.29 is 9.18 Å². The average Bonchev–Trinajstić information content (AvgIpc) is 2.60. The molecule has 1 N–H and O–H groups in total. The van der Waals surface area contributed by atoms with Gasteiger partial charge in [0.15, 0.2) is 0 Å². The highest BCUT2D eigenvalue weighted by atomic mass is 19.1. The molecule has 0 atom stereocenters. The van der Waals surface area contributed by atoms with Gasteiger partial charge in [0.25, 0.3) is 5.91 Å². The number of para-hydroxylation sites is 2. The number of halogens is 1. The summed E-state index contributed by atoms with van der Waals surface area (Å²) in [6.45, 7) is 0.758. The topological polar surface area (TPSA) is 51.1 Å². The summed E-state index contributed by atoms with van der Waals surface area (Å²) in [6.07, 6.45) is 3.48. The summed E-state index contributed by atoms with van der Waals surface area (Å²) in [6, 6.07) is 11.5. The quantitative estimate of drug-likeness (QED) is 0.787. The summed E-state index contributed by atoms with van der Waals surface area (Å²) in [4.78, 5) is 25.2. The van der Waals surface area contributed by atoms with E-state index in [2.05, 4.69) is 5.32 Å². The lowest BCUT2D eigenvalue weighted by atomic mass is 9.99. The second kappa shape index (κ2) is 5.60. The van der Waals surface area contributed by atoms with Crippen molar-refractivity contribution in [2.75, 3.05) is 5.32 Å². The largest absolute Gasteiger partial charge is 0.346 e. The molecule has 120 valence electrons. The zero-order valence-electron chi connectivity index (χ0n) is 12.9. The summed E-state index contributed by atoms with van der Waals surface area (Å²) < 4.78 is 15.7. The lowest BCUT2D eigenvalue weighted by Crippen LogP contribution is -2.25. The van der Waals surface area contributed by atoms with Crippen LogP contribution in [0.5, 0.6) is 0 Å². The molecular formula is C19H15FN2O2. The van der Waals surface area contributed by atoms with Crippen molar-refractivity contribution in [2.45, 2.75) is 19.4 Å². The molecule has 5 heteroatoms. The Bertz CT molecular complexity index is 1020. The summed E-state index contributed by atoms with van der Waals surface area (Å²) >= 11 is 0. The van der Waals surface area contributed by atoms with E-state index >= 15 is 0 Å². The van der Waals surface area contributed by atoms with Gasteiger partial charge in [-0.3, -0.25) is 9.59 Å². The van der Waals surface area contributed by atoms with Gasteiger partial charge in [-0.05, 0) is 36.6 Å². The van der Waals surface area contributed by atoms with Crippen LogP contribution in [0.3, 0.4) is 0 Å². The molecular weight excluding hydrogens is 307 g/mol. The Balaban J connectivity index is 1.83. The number of rotatable bonds is 2. The number of hydrogen-bond donors (Lipinski definition) is 1. The zero-order valence-corrected chi connectivity index (χ0v) is 12.9. The van der Waals surface area contributed by atoms with Crippen LogP contribution in [0.15, 0.2) is 53.5 Å². The molecule has 4 rings (SSSR count). The van der Waals surface area contributed by atoms with Gasteiger partial charge in [0, 0.05) is 18.1 Å². The number of carbonyl (C=O) groups excluding carboxylic acids is 1. The van der Waals surface area contributed by atoms with E-state index in [-0.39, 0.29) is 16.7 Å². The van der Waals surface area contributed by atoms with E-state index in [1.807, 2.05) is 16.7 Å². The molecule has 0 spiro atoms. The van der Waals surface area contributed by atoms with Gasteiger partial charge < -0.3 is 9.88 Å². The van der Waals surface area contributed by atoms with E-state index < -0.39 is 11.7 Å². The molecule has 1 amide bonds. The van der Waals surface area contributed by atoms with Gasteiger partial charge in [0.1, 0.15) is 11.4 Å². The zero-order chi connectivity index (χ0) is 16.7. The van der Waals surface area contributed by atoms with E-state index in [4.69, 9.17) is 0 Å². The van der Waals surface area contributed by atoms with Gasteiger partial charge in [-0.15, -0.1) is 0 Å². The highest BCUT2D eigenvalue weighted by Crippen LogP contribution is 2.23. The van der Waals surface area contributed by atoms with E-state index in [1.165, 1.54) is 12.1 Å². The first kappa shape index (κ1) is 14.6. The third kappa shape index (κ3) is 2.29. The molecule has 4 nitrogen and oxygen atoms in total. The Labute approximate surface area is 137 Å². The summed E-state index contributed by atoms with van der Waals surface area (Å²) in [5.41, 5.74) is 1.80. The van der Waals surface area contributed by atoms with E-state index in [1.54, 1.807) is 24.4 Å². The predicted octanol–water partition coefficient (Wildman–Crippen LogP) is 3.34. The SMILES string of the molecule is O=C(Nc1ccccc1F)c1cn2c3c(cccc3c1=O)CCC2. The molecule has 0 unspecified atom stereocenters. The molecule has 2 aromatic carbocycles. The first-order valence-corrected chi connectivity index (χ1v) is 7.86. The second-order valence-electron chi connectivity index (χ2n) is 5.92. The van der Waals surface area contributed by atoms with E-state index in [0.29, 0.717) is 5.39 Å². The van der Waals surface area contributed by atoms with Gasteiger partial charge >= 0.3 is 0 Å². The van der Waals surface area contributed by atoms with E-state index in [9.17, 15) is 14.0 Å². The van der Waals surface area contributed by atoms with Crippen molar-refractivity contribution in [3.8, 4) is 0 Å². The molecule has 24 heavy (non-hydrogen) atoms. The molecule has 0 saturated carbocycles. The number of aromatic nitrogens is 1. The van der Waals surface area contributed by atoms with Crippen LogP contribution in [-0.4, -0.2) is 10.5 Å². The molecule has 1 aliphatic rings. The van der Waals surface area contributed by atoms with Crippen LogP contribution in [0, 0.1) is 5.82 Å². The van der Waals surface area contributed by atoms with E-state index in [0.717, 1.165) is 30.5 Å². The Kier molecular flexibility index (Phi) is 3.41. The average molecular weight is 322 g/mol. The summed E-state index contributed by atoms with van der Waals surface area (Å²) in [5, 5.41) is 3.02. The smallest absolute Gasteiger partial charge is 0.261 e. The Morgan fingerprint density at radius 2 is 1.96 bits per heavy atom. The molecule has 1 aromatic heterocycles. The molecule has 0 saturated heterocycles. The van der Waals surface area contributed by atoms with Crippen molar-refractivity contribution in [1.29, 1.82) is 0 Å². The minimum atomic E-state index is -0.591. The fourth-order valence-electron chi connectivity index (χ4n) is 3.27. The lowest BCUT2D eigenvalue weighted by molar-refractivity contribution is 0.102. The number of nitrogens with zero attached hydrogens (tertiary/aromatic N) is 1. The fourth-order valence-corrected chi connectivity index (χ4v) is 3.27. The molecule has 0 radical (unpaired) electrons. The normalized spacial score (nSPS) is 13.0. The fraction of sp³-hybridized carbons (Fsp3) is 0.158. The maximum absolute atomic E-state index is 13.7. The number of anilines is 1. The minimum absolute atomic E-state index is 0.0322. The Hall–Kier alpha value is -2.95. The van der Waals surface area contributed by atoms with Crippen molar-refractivity contribution in [3.05, 3.63) is 75.8 Å². The van der Waals surface area contributed by atoms with Crippen LogP contribution in [-0.2, 0) is 13.0 Å². The van der Waals surface area contributed by atoms with Crippen molar-refractivity contribution >= 4 is 22.5 Å². The maximum Gasteiger partial charge on any atom is 0.261 e. The van der Waals surface area contributed by atoms with Crippen molar-refractivity contribution in [2.24, 2.45) is 0 Å². The first-order chi connectivity index (χ1) is 11.6. The van der Waals surface area contributed by atoms with Crippen LogP contribution >= 0.6 is 0 Å². The number of hydrogen-bond acceptors (Lipinski definition) is 2. The summed E-state index contributed by atoms with van der Waals surface area (Å²) in [5.74, 6) is -1.12. The Morgan fingerprint density at radius 1 is 1.12 bits per heavy atom. The van der Waals surface area contributed by atoms with Crippen LogP contribution in [0.25, 0.3) is 10.9 Å². The highest BCUT2D eigenvalue weighted by Gasteiger charge is 2.19. The maximum atomic E-state index is 13.7. The van der Waals surface area contributed by atoms with Crippen LogP contribution < -0.4 is 10.7 Å². The van der Waals surface area contributed by atoms with Gasteiger partial charge in [-0.25, -0.2) is 4.39 Å². The molecule has 0 fully saturated rings. The van der Waals surface area contributed by atoms with Crippen LogP contribution in [0.2, 0.25) is 0 Å². The first-order valence-electron chi connectivity index (χ1n) is 7.86.